The van der Waals surface area contributed by atoms with Gasteiger partial charge in [0.25, 0.3) is 0 Å². The molecule has 0 unspecified atom stereocenters. The zero-order valence-corrected chi connectivity index (χ0v) is 8.55. The molecular formula is C4H7Cl2O3PS. The van der Waals surface area contributed by atoms with Gasteiger partial charge in [0, 0.05) is 0 Å². The van der Waals surface area contributed by atoms with Gasteiger partial charge in [-0.15, -0.1) is 36.2 Å². The van der Waals surface area contributed by atoms with Gasteiger partial charge in [0.05, 0.1) is 0 Å². The lowest BCUT2D eigenvalue weighted by molar-refractivity contribution is 0.388. The van der Waals surface area contributed by atoms with Crippen LogP contribution in [-0.2, 0) is 4.57 Å². The molecule has 0 saturated heterocycles. The molecular weight excluding hydrogens is 230 g/mol. The smallest absolute Gasteiger partial charge is 0.320 e. The van der Waals surface area contributed by atoms with Crippen LogP contribution >= 0.6 is 43.7 Å². The van der Waals surface area contributed by atoms with Crippen molar-refractivity contribution in [2.45, 2.75) is 0 Å². The average Bonchev–Trinajstić information content (AvgIpc) is 2.08. The summed E-state index contributed by atoms with van der Waals surface area (Å²) in [5, 5.41) is 1.63. The topological polar surface area (TPSA) is 57.5 Å². The Morgan fingerprint density at radius 3 is 2.09 bits per heavy atom. The maximum absolute atomic E-state index is 10.4. The molecule has 1 rings (SSSR count). The molecule has 11 heavy (non-hydrogen) atoms. The van der Waals surface area contributed by atoms with Crippen LogP contribution in [0, 0.1) is 0 Å². The minimum Gasteiger partial charge on any atom is -0.320 e. The molecule has 0 atom stereocenters. The van der Waals surface area contributed by atoms with Gasteiger partial charge in [0.15, 0.2) is 0 Å². The highest BCUT2D eigenvalue weighted by Crippen LogP contribution is 2.34. The highest BCUT2D eigenvalue weighted by molar-refractivity contribution is 7.67. The Morgan fingerprint density at radius 1 is 1.36 bits per heavy atom. The Balaban J connectivity index is 0. The first-order valence-electron chi connectivity index (χ1n) is 2.20. The van der Waals surface area contributed by atoms with E-state index in [1.165, 1.54) is 6.07 Å². The summed E-state index contributed by atoms with van der Waals surface area (Å²) in [5.74, 6) is 0. The van der Waals surface area contributed by atoms with E-state index in [0.29, 0.717) is 0 Å². The predicted octanol–water partition coefficient (Wildman–Crippen LogP) is 1.39. The molecule has 0 radical (unpaired) electrons. The maximum atomic E-state index is 10.4. The highest BCUT2D eigenvalue weighted by atomic mass is 35.5. The van der Waals surface area contributed by atoms with Gasteiger partial charge in [-0.3, -0.25) is 4.57 Å². The second-order valence-corrected chi connectivity index (χ2v) is 4.32. The summed E-state index contributed by atoms with van der Waals surface area (Å²) in [6.45, 7) is 0. The van der Waals surface area contributed by atoms with Gasteiger partial charge in [-0.1, -0.05) is 6.07 Å². The van der Waals surface area contributed by atoms with Gasteiger partial charge in [-0.05, 0) is 11.4 Å². The number of hydrogen-bond donors (Lipinski definition) is 2. The Labute approximate surface area is 80.4 Å². The molecule has 0 fully saturated rings. The standard InChI is InChI=1S/C4H5O3PS.2ClH/c5-8(6,7)4-2-1-3-9-4;;/h1-3H,(H2,5,6,7);2*1H. The lowest BCUT2D eigenvalue weighted by Gasteiger charge is -1.95. The van der Waals surface area contributed by atoms with Crippen molar-refractivity contribution in [1.82, 2.24) is 0 Å². The summed E-state index contributed by atoms with van der Waals surface area (Å²) in [7, 11) is -3.95. The molecule has 1 aromatic heterocycles. The molecule has 0 aliphatic heterocycles. The van der Waals surface area contributed by atoms with Crippen molar-refractivity contribution in [2.24, 2.45) is 0 Å². The van der Waals surface area contributed by atoms with Gasteiger partial charge in [-0.25, -0.2) is 0 Å². The van der Waals surface area contributed by atoms with Crippen LogP contribution in [0.4, 0.5) is 0 Å². The lowest BCUT2D eigenvalue weighted by Crippen LogP contribution is -1.94. The number of rotatable bonds is 1. The first kappa shape index (κ1) is 14.0. The number of halogens is 2. The lowest BCUT2D eigenvalue weighted by atomic mass is 10.7. The summed E-state index contributed by atoms with van der Waals surface area (Å²) in [4.78, 5) is 17.0. The van der Waals surface area contributed by atoms with Gasteiger partial charge >= 0.3 is 7.60 Å². The van der Waals surface area contributed by atoms with Crippen molar-refractivity contribution in [3.63, 3.8) is 0 Å². The van der Waals surface area contributed by atoms with E-state index in [2.05, 4.69) is 0 Å². The van der Waals surface area contributed by atoms with Crippen LogP contribution in [0.15, 0.2) is 17.5 Å². The highest BCUT2D eigenvalue weighted by Gasteiger charge is 2.16. The Morgan fingerprint density at radius 2 is 1.91 bits per heavy atom. The van der Waals surface area contributed by atoms with Crippen LogP contribution in [0.1, 0.15) is 0 Å². The van der Waals surface area contributed by atoms with Gasteiger partial charge < -0.3 is 9.79 Å². The van der Waals surface area contributed by atoms with Crippen LogP contribution in [0.3, 0.4) is 0 Å². The summed E-state index contributed by atoms with van der Waals surface area (Å²) in [5.41, 5.74) is 0. The van der Waals surface area contributed by atoms with E-state index >= 15 is 0 Å². The average molecular weight is 237 g/mol. The van der Waals surface area contributed by atoms with Crippen LogP contribution < -0.4 is 4.62 Å². The number of hydrogen-bond acceptors (Lipinski definition) is 2. The summed E-state index contributed by atoms with van der Waals surface area (Å²) >= 11 is 1.07. The van der Waals surface area contributed by atoms with Gasteiger partial charge in [0.1, 0.15) is 4.62 Å². The van der Waals surface area contributed by atoms with Crippen molar-refractivity contribution in [1.29, 1.82) is 0 Å². The van der Waals surface area contributed by atoms with E-state index < -0.39 is 7.60 Å². The van der Waals surface area contributed by atoms with Crippen LogP contribution in [0.5, 0.6) is 0 Å². The van der Waals surface area contributed by atoms with E-state index in [-0.39, 0.29) is 29.4 Å². The van der Waals surface area contributed by atoms with E-state index in [4.69, 9.17) is 9.79 Å². The summed E-state index contributed by atoms with van der Waals surface area (Å²) in [6, 6.07) is 3.03. The normalized spacial score (nSPS) is 9.64. The Bertz CT molecular complexity index is 231. The van der Waals surface area contributed by atoms with E-state index in [1.54, 1.807) is 11.4 Å². The molecule has 2 N–H and O–H groups in total. The number of thiophene rings is 1. The maximum Gasteiger partial charge on any atom is 0.366 e. The summed E-state index contributed by atoms with van der Waals surface area (Å²) in [6.07, 6.45) is 0. The van der Waals surface area contributed by atoms with Gasteiger partial charge in [-0.2, -0.15) is 0 Å². The second kappa shape index (κ2) is 5.14. The zero-order valence-electron chi connectivity index (χ0n) is 5.21. The third-order valence-electron chi connectivity index (χ3n) is 0.793. The zero-order chi connectivity index (χ0) is 6.91. The predicted molar refractivity (Wildman–Crippen MR) is 50.5 cm³/mol. The fraction of sp³-hybridized carbons (Fsp3) is 0. The summed E-state index contributed by atoms with van der Waals surface area (Å²) < 4.78 is 10.5. The minimum absolute atomic E-state index is 0. The van der Waals surface area contributed by atoms with E-state index in [0.717, 1.165) is 11.3 Å². The monoisotopic (exact) mass is 236 g/mol. The van der Waals surface area contributed by atoms with Crippen molar-refractivity contribution >= 4 is 48.4 Å². The first-order chi connectivity index (χ1) is 4.11. The van der Waals surface area contributed by atoms with Crippen molar-refractivity contribution < 1.29 is 14.4 Å². The van der Waals surface area contributed by atoms with Crippen LogP contribution in [-0.4, -0.2) is 9.79 Å². The molecule has 0 amide bonds. The van der Waals surface area contributed by atoms with Crippen molar-refractivity contribution in [3.8, 4) is 0 Å². The fourth-order valence-electron chi connectivity index (χ4n) is 0.436. The first-order valence-corrected chi connectivity index (χ1v) is 4.69. The fourth-order valence-corrected chi connectivity index (χ4v) is 1.90. The molecule has 66 valence electrons. The minimum atomic E-state index is -3.95. The molecule has 1 aromatic rings. The SMILES string of the molecule is Cl.Cl.O=P(O)(O)c1cccs1. The molecule has 0 aromatic carbocycles. The third-order valence-corrected chi connectivity index (χ3v) is 3.22. The quantitative estimate of drug-likeness (QED) is 0.725. The molecule has 0 saturated carbocycles. The van der Waals surface area contributed by atoms with Crippen LogP contribution in [0.2, 0.25) is 0 Å². The Kier molecular flexibility index (Phi) is 6.54. The molecule has 1 heterocycles. The van der Waals surface area contributed by atoms with Crippen LogP contribution in [0.25, 0.3) is 0 Å². The molecule has 7 heteroatoms. The molecule has 3 nitrogen and oxygen atoms in total. The van der Waals surface area contributed by atoms with Crippen molar-refractivity contribution in [2.75, 3.05) is 0 Å². The van der Waals surface area contributed by atoms with E-state index in [1.807, 2.05) is 0 Å². The Hall–Kier alpha value is 0.430. The van der Waals surface area contributed by atoms with Gasteiger partial charge in [0.2, 0.25) is 0 Å². The van der Waals surface area contributed by atoms with E-state index in [9.17, 15) is 4.57 Å². The third kappa shape index (κ3) is 4.11. The molecule has 0 spiro atoms. The molecule has 0 bridgehead atoms. The molecule has 0 aliphatic carbocycles. The second-order valence-electron chi connectivity index (χ2n) is 1.50. The van der Waals surface area contributed by atoms with Crippen molar-refractivity contribution in [3.05, 3.63) is 17.5 Å². The molecule has 0 aliphatic rings. The largest absolute Gasteiger partial charge is 0.366 e.